The van der Waals surface area contributed by atoms with Crippen molar-refractivity contribution in [1.29, 1.82) is 0 Å². The van der Waals surface area contributed by atoms with Crippen LogP contribution in [0.3, 0.4) is 0 Å². The van der Waals surface area contributed by atoms with Crippen molar-refractivity contribution in [2.75, 3.05) is 0 Å². The van der Waals surface area contributed by atoms with Gasteiger partial charge in [-0.15, -0.1) is 0 Å². The average molecular weight is 1050 g/mol. The van der Waals surface area contributed by atoms with Gasteiger partial charge in [-0.1, -0.05) is 53.1 Å². The molecule has 12 nitrogen and oxygen atoms in total. The van der Waals surface area contributed by atoms with E-state index in [1.165, 1.54) is 57.2 Å². The van der Waals surface area contributed by atoms with Crippen molar-refractivity contribution in [2.45, 2.75) is 70.9 Å². The predicted octanol–water partition coefficient (Wildman–Crippen LogP) is 10.6. The number of aryl methyl sites for hydroxylation is 6. The van der Waals surface area contributed by atoms with Crippen molar-refractivity contribution in [3.8, 4) is 0 Å². The quantitative estimate of drug-likeness (QED) is 0.143. The molecule has 0 saturated carbocycles. The Hall–Kier alpha value is -7.62. The minimum Gasteiger partial charge on any atom is -0.457 e. The molecule has 0 radical (unpaired) electrons. The maximum atomic E-state index is 13.8. The fraction of sp³-hybridized carbons (Fsp3) is 0.118. The first-order valence-corrected chi connectivity index (χ1v) is 25.3. The molecule has 0 aliphatic carbocycles. The van der Waals surface area contributed by atoms with Crippen LogP contribution in [-0.2, 0) is 29.5 Å². The fourth-order valence-corrected chi connectivity index (χ4v) is 11.9. The van der Waals surface area contributed by atoms with E-state index in [0.717, 1.165) is 34.9 Å². The van der Waals surface area contributed by atoms with Crippen molar-refractivity contribution < 1.29 is 64.8 Å². The van der Waals surface area contributed by atoms with E-state index in [1.807, 2.05) is 0 Å². The van der Waals surface area contributed by atoms with Crippen molar-refractivity contribution in [2.24, 2.45) is 0 Å². The second-order valence-electron chi connectivity index (χ2n) is 16.2. The van der Waals surface area contributed by atoms with Gasteiger partial charge in [-0.2, -0.15) is 0 Å². The smallest absolute Gasteiger partial charge is 0.213 e. The zero-order valence-corrected chi connectivity index (χ0v) is 40.7. The normalized spacial score (nSPS) is 11.8. The van der Waals surface area contributed by atoms with Crippen LogP contribution in [0.2, 0.25) is 0 Å². The number of hydrogen-bond acceptors (Lipinski definition) is 12. The lowest BCUT2D eigenvalue weighted by atomic mass is 10.2. The summed E-state index contributed by atoms with van der Waals surface area (Å²) in [4.78, 5) is 35.5. The van der Waals surface area contributed by atoms with Crippen LogP contribution >= 0.6 is 0 Å². The molecular weight excluding hydrogens is 1010 g/mol. The van der Waals surface area contributed by atoms with Gasteiger partial charge >= 0.3 is 0 Å². The molecule has 0 saturated heterocycles. The molecule has 0 N–H and O–H groups in total. The van der Waals surface area contributed by atoms with Crippen LogP contribution in [0.4, 0.5) is 26.3 Å². The highest BCUT2D eigenvalue weighted by atomic mass is 32.2. The van der Waals surface area contributed by atoms with Crippen LogP contribution in [0, 0.1) is 76.4 Å². The van der Waals surface area contributed by atoms with Crippen molar-refractivity contribution in [3.05, 3.63) is 209 Å². The largest absolute Gasteiger partial charge is 0.457 e. The number of halogens is 6. The molecular formula is C51H36F6O12S3. The molecule has 0 unspecified atom stereocenters. The highest BCUT2D eigenvalue weighted by molar-refractivity contribution is 7.92. The zero-order chi connectivity index (χ0) is 52.9. The van der Waals surface area contributed by atoms with Gasteiger partial charge in [-0.3, -0.25) is 14.4 Å². The molecule has 9 rings (SSSR count). The number of benzene rings is 6. The highest BCUT2D eigenvalue weighted by Crippen LogP contribution is 2.30. The maximum Gasteiger partial charge on any atom is 0.213 e. The lowest BCUT2D eigenvalue weighted by Gasteiger charge is -2.09. The van der Waals surface area contributed by atoms with E-state index in [1.54, 1.807) is 57.2 Å². The number of rotatable bonds is 6. The molecule has 0 amide bonds. The first-order valence-electron chi connectivity index (χ1n) is 20.9. The molecule has 21 heteroatoms. The Morgan fingerprint density at radius 1 is 0.333 bits per heavy atom. The lowest BCUT2D eigenvalue weighted by molar-refractivity contribution is 0.502. The van der Waals surface area contributed by atoms with Crippen LogP contribution in [-0.4, -0.2) is 25.3 Å². The summed E-state index contributed by atoms with van der Waals surface area (Å²) in [5.41, 5.74) is -1.85. The number of sulfone groups is 3. The maximum absolute atomic E-state index is 13.8. The van der Waals surface area contributed by atoms with Crippen LogP contribution in [0.25, 0.3) is 32.9 Å². The van der Waals surface area contributed by atoms with Gasteiger partial charge in [-0.25, -0.2) is 51.6 Å². The second-order valence-corrected chi connectivity index (χ2v) is 21.9. The van der Waals surface area contributed by atoms with Crippen LogP contribution in [0.15, 0.2) is 166 Å². The third-order valence-corrected chi connectivity index (χ3v) is 16.6. The molecule has 372 valence electrons. The lowest BCUT2D eigenvalue weighted by Crippen LogP contribution is -2.18. The Kier molecular flexibility index (Phi) is 14.2. The topological polar surface area (TPSA) is 193 Å². The van der Waals surface area contributed by atoms with E-state index in [9.17, 15) is 66.0 Å². The Labute approximate surface area is 405 Å². The van der Waals surface area contributed by atoms with E-state index in [2.05, 4.69) is 0 Å². The predicted molar refractivity (Wildman–Crippen MR) is 251 cm³/mol. The van der Waals surface area contributed by atoms with E-state index in [0.29, 0.717) is 18.2 Å². The van der Waals surface area contributed by atoms with E-state index >= 15 is 0 Å². The summed E-state index contributed by atoms with van der Waals surface area (Å²) in [7, 11) is -12.6. The van der Waals surface area contributed by atoms with Gasteiger partial charge in [0.1, 0.15) is 34.7 Å². The molecule has 6 aromatic carbocycles. The molecule has 0 bridgehead atoms. The summed E-state index contributed by atoms with van der Waals surface area (Å²) in [6, 6.07) is 21.7. The minimum atomic E-state index is -4.19. The Morgan fingerprint density at radius 3 is 0.750 bits per heavy atom. The molecule has 0 fully saturated rings. The molecule has 0 atom stereocenters. The summed E-state index contributed by atoms with van der Waals surface area (Å²) in [5, 5.41) is -1.36. The Balaban J connectivity index is 0.000000158. The van der Waals surface area contributed by atoms with E-state index in [-0.39, 0.29) is 32.0 Å². The molecule has 0 aliphatic rings. The van der Waals surface area contributed by atoms with Gasteiger partial charge in [0, 0.05) is 18.2 Å². The first kappa shape index (κ1) is 52.2. The highest BCUT2D eigenvalue weighted by Gasteiger charge is 2.31. The molecule has 0 spiro atoms. The van der Waals surface area contributed by atoms with Crippen LogP contribution in [0.5, 0.6) is 0 Å². The zero-order valence-electron chi connectivity index (χ0n) is 38.3. The monoisotopic (exact) mass is 1050 g/mol. The summed E-state index contributed by atoms with van der Waals surface area (Å²) < 4.78 is 174. The Morgan fingerprint density at radius 2 is 0.542 bits per heavy atom. The van der Waals surface area contributed by atoms with E-state index < -0.39 is 128 Å². The molecule has 3 aromatic heterocycles. The third-order valence-electron chi connectivity index (χ3n) is 10.9. The third kappa shape index (κ3) is 9.86. The SMILES string of the molecule is Cc1ccc(S(=O)(=O)c2c(C)oc3c(F)cc(F)cc3c2=O)cc1.Cc1ccc(S(=O)(=O)c2c(C)oc3c(F)cc(F)cc3c2=O)cc1.Cc1ccc(S(=O)(=O)c2c(C)oc3c(F)cc(F)cc3c2=O)cc1. The molecule has 9 aromatic rings. The van der Waals surface area contributed by atoms with Crippen molar-refractivity contribution >= 4 is 62.4 Å². The van der Waals surface area contributed by atoms with E-state index in [4.69, 9.17) is 13.3 Å². The number of hydrogen-bond donors (Lipinski definition) is 0. The van der Waals surface area contributed by atoms with Gasteiger partial charge in [0.05, 0.1) is 30.8 Å². The molecule has 72 heavy (non-hydrogen) atoms. The van der Waals surface area contributed by atoms with Crippen LogP contribution in [0.1, 0.15) is 34.0 Å². The van der Waals surface area contributed by atoms with Gasteiger partial charge in [0.25, 0.3) is 0 Å². The van der Waals surface area contributed by atoms with Crippen molar-refractivity contribution in [1.82, 2.24) is 0 Å². The Bertz CT molecular complexity index is 3780. The van der Waals surface area contributed by atoms with Gasteiger partial charge in [0.2, 0.25) is 45.8 Å². The van der Waals surface area contributed by atoms with Gasteiger partial charge in [-0.05, 0) is 96.1 Å². The summed E-state index contributed by atoms with van der Waals surface area (Å²) in [5.74, 6) is -6.92. The minimum absolute atomic E-state index is 0.0975. The standard InChI is InChI=1S/3C17H12F2O4S/c3*1-9-3-5-12(6-4-9)24(21,22)17-10(2)23-16-13(15(17)20)7-11(18)8-14(16)19/h3*3-8H,1-2H3. The average Bonchev–Trinajstić information content (AvgIpc) is 3.28. The summed E-state index contributed by atoms with van der Waals surface area (Å²) in [6.07, 6.45) is 0. The second kappa shape index (κ2) is 19.5. The van der Waals surface area contributed by atoms with Gasteiger partial charge in [0.15, 0.2) is 48.9 Å². The summed E-state index contributed by atoms with van der Waals surface area (Å²) in [6.45, 7) is 9.13. The fourth-order valence-electron chi connectivity index (χ4n) is 7.38. The summed E-state index contributed by atoms with van der Waals surface area (Å²) >= 11 is 0. The molecule has 0 aliphatic heterocycles. The number of fused-ring (bicyclic) bond motifs is 3. The van der Waals surface area contributed by atoms with Crippen LogP contribution < -0.4 is 16.3 Å². The van der Waals surface area contributed by atoms with Gasteiger partial charge < -0.3 is 13.3 Å². The molecule has 3 heterocycles. The first-order chi connectivity index (χ1) is 33.6. The van der Waals surface area contributed by atoms with Crippen molar-refractivity contribution in [3.63, 3.8) is 0 Å².